The SMILES string of the molecule is Cc1[nH]nc(S(=O)(=O)Nc2ccc(Br)cc2Cl)c1CO. The molecule has 0 aliphatic heterocycles. The third-order valence-electron chi connectivity index (χ3n) is 2.62. The first kappa shape index (κ1) is 15.3. The standard InChI is InChI=1S/C11H11BrClN3O3S/c1-6-8(5-17)11(15-14-6)20(18,19)16-10-3-2-7(12)4-9(10)13/h2-4,16-17H,5H2,1H3,(H,14,15). The summed E-state index contributed by atoms with van der Waals surface area (Å²) in [5, 5.41) is 15.5. The normalized spacial score (nSPS) is 11.6. The molecule has 0 bridgehead atoms. The molecule has 9 heteroatoms. The number of aryl methyl sites for hydroxylation is 1. The Labute approximate surface area is 129 Å². The van der Waals surface area contributed by atoms with E-state index in [-0.39, 0.29) is 21.3 Å². The molecule has 1 heterocycles. The van der Waals surface area contributed by atoms with Crippen molar-refractivity contribution in [2.45, 2.75) is 18.6 Å². The van der Waals surface area contributed by atoms with E-state index in [1.165, 1.54) is 6.07 Å². The Kier molecular flexibility index (Phi) is 4.38. The van der Waals surface area contributed by atoms with Crippen LogP contribution in [0.3, 0.4) is 0 Å². The lowest BCUT2D eigenvalue weighted by Crippen LogP contribution is -2.15. The average molecular weight is 381 g/mol. The molecule has 1 aromatic heterocycles. The van der Waals surface area contributed by atoms with Gasteiger partial charge in [0.1, 0.15) is 0 Å². The van der Waals surface area contributed by atoms with Gasteiger partial charge in [-0.3, -0.25) is 9.82 Å². The molecular weight excluding hydrogens is 370 g/mol. The zero-order valence-corrected chi connectivity index (χ0v) is 13.5. The van der Waals surface area contributed by atoms with Crippen molar-refractivity contribution in [1.82, 2.24) is 10.2 Å². The lowest BCUT2D eigenvalue weighted by molar-refractivity contribution is 0.277. The van der Waals surface area contributed by atoms with Crippen molar-refractivity contribution < 1.29 is 13.5 Å². The summed E-state index contributed by atoms with van der Waals surface area (Å²) in [4.78, 5) is 0. The van der Waals surface area contributed by atoms with Crippen molar-refractivity contribution in [3.8, 4) is 0 Å². The van der Waals surface area contributed by atoms with Crippen LogP contribution in [0, 0.1) is 6.92 Å². The second-order valence-electron chi connectivity index (χ2n) is 4.02. The number of aliphatic hydroxyl groups is 1. The van der Waals surface area contributed by atoms with Crippen LogP contribution >= 0.6 is 27.5 Å². The predicted octanol–water partition coefficient (Wildman–Crippen LogP) is 2.43. The van der Waals surface area contributed by atoms with Crippen molar-refractivity contribution in [2.75, 3.05) is 4.72 Å². The van der Waals surface area contributed by atoms with Gasteiger partial charge < -0.3 is 5.11 Å². The number of aromatic amines is 1. The number of benzene rings is 1. The summed E-state index contributed by atoms with van der Waals surface area (Å²) < 4.78 is 27.6. The van der Waals surface area contributed by atoms with Crippen LogP contribution in [-0.4, -0.2) is 23.7 Å². The third-order valence-corrected chi connectivity index (χ3v) is 4.77. The summed E-state index contributed by atoms with van der Waals surface area (Å²) in [5.41, 5.74) is 0.958. The monoisotopic (exact) mass is 379 g/mol. The fraction of sp³-hybridized carbons (Fsp3) is 0.182. The van der Waals surface area contributed by atoms with Crippen LogP contribution in [-0.2, 0) is 16.6 Å². The van der Waals surface area contributed by atoms with Crippen LogP contribution < -0.4 is 4.72 Å². The molecule has 2 aromatic rings. The minimum Gasteiger partial charge on any atom is -0.392 e. The molecular formula is C11H11BrClN3O3S. The Bertz CT molecular complexity index is 745. The van der Waals surface area contributed by atoms with Crippen molar-refractivity contribution in [3.05, 3.63) is 39.0 Å². The number of aliphatic hydroxyl groups excluding tert-OH is 1. The number of aromatic nitrogens is 2. The maximum Gasteiger partial charge on any atom is 0.281 e. The molecule has 0 radical (unpaired) electrons. The van der Waals surface area contributed by atoms with Gasteiger partial charge in [-0.2, -0.15) is 13.5 Å². The van der Waals surface area contributed by atoms with Gasteiger partial charge in [0, 0.05) is 15.7 Å². The predicted molar refractivity (Wildman–Crippen MR) is 79.2 cm³/mol. The van der Waals surface area contributed by atoms with E-state index >= 15 is 0 Å². The first-order valence-corrected chi connectivity index (χ1v) is 8.13. The highest BCUT2D eigenvalue weighted by atomic mass is 79.9. The van der Waals surface area contributed by atoms with Crippen LogP contribution in [0.1, 0.15) is 11.3 Å². The average Bonchev–Trinajstić information content (AvgIpc) is 2.74. The highest BCUT2D eigenvalue weighted by Crippen LogP contribution is 2.28. The van der Waals surface area contributed by atoms with Gasteiger partial charge in [0.15, 0.2) is 0 Å². The number of sulfonamides is 1. The molecule has 108 valence electrons. The van der Waals surface area contributed by atoms with E-state index in [2.05, 4.69) is 30.8 Å². The molecule has 1 aromatic carbocycles. The number of halogens is 2. The fourth-order valence-electron chi connectivity index (χ4n) is 1.60. The summed E-state index contributed by atoms with van der Waals surface area (Å²) >= 11 is 9.20. The lowest BCUT2D eigenvalue weighted by Gasteiger charge is -2.09. The van der Waals surface area contributed by atoms with Crippen molar-refractivity contribution in [2.24, 2.45) is 0 Å². The van der Waals surface area contributed by atoms with Crippen molar-refractivity contribution in [1.29, 1.82) is 0 Å². The Morgan fingerprint density at radius 2 is 2.20 bits per heavy atom. The summed E-state index contributed by atoms with van der Waals surface area (Å²) in [6.07, 6.45) is 0. The van der Waals surface area contributed by atoms with Crippen LogP contribution in [0.15, 0.2) is 27.7 Å². The highest BCUT2D eigenvalue weighted by molar-refractivity contribution is 9.10. The molecule has 0 atom stereocenters. The van der Waals surface area contributed by atoms with Gasteiger partial charge in [-0.25, -0.2) is 0 Å². The first-order valence-electron chi connectivity index (χ1n) is 5.47. The minimum absolute atomic E-state index is 0.228. The first-order chi connectivity index (χ1) is 9.35. The lowest BCUT2D eigenvalue weighted by atomic mass is 10.3. The van der Waals surface area contributed by atoms with Crippen LogP contribution in [0.2, 0.25) is 5.02 Å². The molecule has 0 aliphatic rings. The number of rotatable bonds is 4. The van der Waals surface area contributed by atoms with Gasteiger partial charge in [0.25, 0.3) is 10.0 Å². The van der Waals surface area contributed by atoms with Crippen LogP contribution in [0.5, 0.6) is 0 Å². The topological polar surface area (TPSA) is 95.1 Å². The molecule has 0 aliphatic carbocycles. The molecule has 20 heavy (non-hydrogen) atoms. The Balaban J connectivity index is 2.41. The number of hydrogen-bond donors (Lipinski definition) is 3. The van der Waals surface area contributed by atoms with E-state index in [1.807, 2.05) is 0 Å². The molecule has 0 spiro atoms. The fourth-order valence-corrected chi connectivity index (χ4v) is 3.65. The van der Waals surface area contributed by atoms with E-state index in [0.717, 1.165) is 4.47 Å². The zero-order valence-electron chi connectivity index (χ0n) is 10.3. The van der Waals surface area contributed by atoms with E-state index in [1.54, 1.807) is 19.1 Å². The number of nitrogens with one attached hydrogen (secondary N) is 2. The summed E-state index contributed by atoms with van der Waals surface area (Å²) in [6.45, 7) is 1.21. The van der Waals surface area contributed by atoms with Crippen LogP contribution in [0.25, 0.3) is 0 Å². The molecule has 0 fully saturated rings. The zero-order chi connectivity index (χ0) is 14.9. The maximum absolute atomic E-state index is 12.3. The Hall–Kier alpha value is -1.09. The van der Waals surface area contributed by atoms with Gasteiger partial charge in [-0.1, -0.05) is 27.5 Å². The van der Waals surface area contributed by atoms with Crippen molar-refractivity contribution >= 4 is 43.2 Å². The maximum atomic E-state index is 12.3. The van der Waals surface area contributed by atoms with Gasteiger partial charge >= 0.3 is 0 Å². The second-order valence-corrected chi connectivity index (χ2v) is 6.94. The Morgan fingerprint density at radius 1 is 1.50 bits per heavy atom. The summed E-state index contributed by atoms with van der Waals surface area (Å²) in [6, 6.07) is 4.76. The quantitative estimate of drug-likeness (QED) is 0.759. The van der Waals surface area contributed by atoms with E-state index < -0.39 is 16.6 Å². The van der Waals surface area contributed by atoms with Gasteiger partial charge in [0.2, 0.25) is 5.03 Å². The summed E-state index contributed by atoms with van der Waals surface area (Å²) in [7, 11) is -3.92. The largest absolute Gasteiger partial charge is 0.392 e. The molecule has 2 rings (SSSR count). The van der Waals surface area contributed by atoms with E-state index in [9.17, 15) is 13.5 Å². The number of H-pyrrole nitrogens is 1. The molecule has 0 saturated carbocycles. The van der Waals surface area contributed by atoms with Crippen molar-refractivity contribution in [3.63, 3.8) is 0 Å². The molecule has 3 N–H and O–H groups in total. The van der Waals surface area contributed by atoms with E-state index in [4.69, 9.17) is 11.6 Å². The molecule has 6 nitrogen and oxygen atoms in total. The molecule has 0 saturated heterocycles. The second kappa shape index (κ2) is 5.72. The van der Waals surface area contributed by atoms with Crippen LogP contribution in [0.4, 0.5) is 5.69 Å². The van der Waals surface area contributed by atoms with Gasteiger partial charge in [-0.15, -0.1) is 0 Å². The summed E-state index contributed by atoms with van der Waals surface area (Å²) in [5.74, 6) is 0. The van der Waals surface area contributed by atoms with Gasteiger partial charge in [-0.05, 0) is 25.1 Å². The number of anilines is 1. The minimum atomic E-state index is -3.92. The molecule has 0 unspecified atom stereocenters. The van der Waals surface area contributed by atoms with E-state index in [0.29, 0.717) is 5.69 Å². The number of nitrogens with zero attached hydrogens (tertiary/aromatic N) is 1. The Morgan fingerprint density at radius 3 is 2.80 bits per heavy atom. The smallest absolute Gasteiger partial charge is 0.281 e. The van der Waals surface area contributed by atoms with Gasteiger partial charge in [0.05, 0.1) is 17.3 Å². The number of hydrogen-bond acceptors (Lipinski definition) is 4. The third kappa shape index (κ3) is 2.98. The highest BCUT2D eigenvalue weighted by Gasteiger charge is 2.24. The molecule has 0 amide bonds.